The molecule has 2 aromatic carbocycles. The van der Waals surface area contributed by atoms with Crippen molar-refractivity contribution in [3.05, 3.63) is 52.1 Å². The van der Waals surface area contributed by atoms with E-state index >= 15 is 0 Å². The van der Waals surface area contributed by atoms with Crippen LogP contribution in [0.4, 0.5) is 0 Å². The maximum Gasteiger partial charge on any atom is 0.161 e. The second-order valence-electron chi connectivity index (χ2n) is 5.40. The third-order valence-electron chi connectivity index (χ3n) is 3.87. The summed E-state index contributed by atoms with van der Waals surface area (Å²) in [6.45, 7) is 5.91. The van der Waals surface area contributed by atoms with Crippen LogP contribution in [0.25, 0.3) is 0 Å². The first-order chi connectivity index (χ1) is 9.97. The molecule has 2 aromatic rings. The zero-order valence-corrected chi connectivity index (χ0v) is 12.8. The molecule has 0 atom stereocenters. The van der Waals surface area contributed by atoms with E-state index in [9.17, 15) is 15.3 Å². The van der Waals surface area contributed by atoms with Gasteiger partial charge in [0, 0.05) is 12.0 Å². The van der Waals surface area contributed by atoms with Crippen molar-refractivity contribution >= 4 is 0 Å². The summed E-state index contributed by atoms with van der Waals surface area (Å²) in [5.74, 6) is 0.132. The minimum absolute atomic E-state index is 0.0575. The van der Waals surface area contributed by atoms with Crippen LogP contribution in [0.15, 0.2) is 24.3 Å². The lowest BCUT2D eigenvalue weighted by molar-refractivity contribution is 0.396. The monoisotopic (exact) mass is 286 g/mol. The molecule has 0 aliphatic heterocycles. The van der Waals surface area contributed by atoms with Gasteiger partial charge >= 0.3 is 0 Å². The number of phenols is 3. The molecule has 0 fully saturated rings. The van der Waals surface area contributed by atoms with Crippen LogP contribution < -0.4 is 0 Å². The van der Waals surface area contributed by atoms with Crippen LogP contribution in [0, 0.1) is 6.92 Å². The van der Waals surface area contributed by atoms with Crippen molar-refractivity contribution in [3.63, 3.8) is 0 Å². The highest BCUT2D eigenvalue weighted by atomic mass is 16.3. The van der Waals surface area contributed by atoms with E-state index in [1.54, 1.807) is 6.07 Å². The minimum Gasteiger partial charge on any atom is -0.507 e. The predicted molar refractivity (Wildman–Crippen MR) is 84.2 cm³/mol. The van der Waals surface area contributed by atoms with E-state index in [0.29, 0.717) is 18.4 Å². The van der Waals surface area contributed by atoms with E-state index in [2.05, 4.69) is 0 Å². The van der Waals surface area contributed by atoms with E-state index in [4.69, 9.17) is 0 Å². The lowest BCUT2D eigenvalue weighted by Gasteiger charge is -2.13. The highest BCUT2D eigenvalue weighted by molar-refractivity contribution is 5.53. The Kier molecular flexibility index (Phi) is 4.41. The van der Waals surface area contributed by atoms with Crippen LogP contribution in [-0.4, -0.2) is 15.3 Å². The van der Waals surface area contributed by atoms with Gasteiger partial charge in [-0.3, -0.25) is 0 Å². The van der Waals surface area contributed by atoms with Gasteiger partial charge in [-0.2, -0.15) is 0 Å². The lowest BCUT2D eigenvalue weighted by atomic mass is 9.96. The van der Waals surface area contributed by atoms with E-state index < -0.39 is 0 Å². The van der Waals surface area contributed by atoms with Crippen molar-refractivity contribution in [1.82, 2.24) is 0 Å². The summed E-state index contributed by atoms with van der Waals surface area (Å²) in [7, 11) is 0. The molecule has 21 heavy (non-hydrogen) atoms. The quantitative estimate of drug-likeness (QED) is 0.749. The molecular formula is C18H22O3. The third kappa shape index (κ3) is 2.97. The molecule has 3 heteroatoms. The molecule has 0 saturated carbocycles. The van der Waals surface area contributed by atoms with Crippen molar-refractivity contribution in [2.75, 3.05) is 0 Å². The van der Waals surface area contributed by atoms with Gasteiger partial charge in [-0.05, 0) is 36.5 Å². The van der Waals surface area contributed by atoms with E-state index in [-0.39, 0.29) is 17.2 Å². The van der Waals surface area contributed by atoms with Gasteiger partial charge in [-0.25, -0.2) is 0 Å². The Labute approximate surface area is 125 Å². The first kappa shape index (κ1) is 15.2. The summed E-state index contributed by atoms with van der Waals surface area (Å²) in [6.07, 6.45) is 1.81. The van der Waals surface area contributed by atoms with E-state index in [1.807, 2.05) is 39.0 Å². The van der Waals surface area contributed by atoms with Crippen LogP contribution in [0.2, 0.25) is 0 Å². The van der Waals surface area contributed by atoms with Crippen molar-refractivity contribution in [3.8, 4) is 17.2 Å². The largest absolute Gasteiger partial charge is 0.507 e. The molecule has 112 valence electrons. The zero-order valence-electron chi connectivity index (χ0n) is 12.8. The van der Waals surface area contributed by atoms with Gasteiger partial charge in [0.05, 0.1) is 0 Å². The second-order valence-corrected chi connectivity index (χ2v) is 5.40. The number of hydrogen-bond donors (Lipinski definition) is 3. The summed E-state index contributed by atoms with van der Waals surface area (Å²) in [5, 5.41) is 30.4. The summed E-state index contributed by atoms with van der Waals surface area (Å²) >= 11 is 0. The first-order valence-corrected chi connectivity index (χ1v) is 7.31. The first-order valence-electron chi connectivity index (χ1n) is 7.31. The molecule has 3 nitrogen and oxygen atoms in total. The van der Waals surface area contributed by atoms with Gasteiger partial charge in [0.25, 0.3) is 0 Å². The number of rotatable bonds is 4. The lowest BCUT2D eigenvalue weighted by Crippen LogP contribution is -1.96. The number of aryl methyl sites for hydroxylation is 3. The van der Waals surface area contributed by atoms with Crippen LogP contribution >= 0.6 is 0 Å². The maximum absolute atomic E-state index is 10.3. The fourth-order valence-electron chi connectivity index (χ4n) is 2.63. The second kappa shape index (κ2) is 6.08. The molecule has 0 unspecified atom stereocenters. The average Bonchev–Trinajstić information content (AvgIpc) is 2.47. The number of phenolic OH excluding ortho intramolecular Hbond substituents is 3. The van der Waals surface area contributed by atoms with Gasteiger partial charge in [0.2, 0.25) is 0 Å². The molecule has 0 aromatic heterocycles. The SMILES string of the molecule is CCc1cc(C)cc(Cc2ccc(CC)c(O)c2O)c1O. The molecule has 0 spiro atoms. The fraction of sp³-hybridized carbons (Fsp3) is 0.333. The number of benzene rings is 2. The fourth-order valence-corrected chi connectivity index (χ4v) is 2.63. The van der Waals surface area contributed by atoms with Gasteiger partial charge in [-0.15, -0.1) is 0 Å². The van der Waals surface area contributed by atoms with Crippen molar-refractivity contribution < 1.29 is 15.3 Å². The van der Waals surface area contributed by atoms with E-state index in [1.165, 1.54) is 0 Å². The van der Waals surface area contributed by atoms with Crippen LogP contribution in [0.5, 0.6) is 17.2 Å². The van der Waals surface area contributed by atoms with Crippen molar-refractivity contribution in [2.45, 2.75) is 40.0 Å². The molecule has 3 N–H and O–H groups in total. The standard InChI is InChI=1S/C18H22O3/c1-4-12-6-7-14(18(21)17(12)20)10-15-9-11(3)8-13(5-2)16(15)19/h6-9,19-21H,4-5,10H2,1-3H3. The Morgan fingerprint density at radius 3 is 1.86 bits per heavy atom. The summed E-state index contributed by atoms with van der Waals surface area (Å²) < 4.78 is 0. The molecule has 0 saturated heterocycles. The summed E-state index contributed by atoms with van der Waals surface area (Å²) in [6, 6.07) is 7.51. The molecule has 0 aliphatic carbocycles. The highest BCUT2D eigenvalue weighted by Gasteiger charge is 2.14. The Morgan fingerprint density at radius 2 is 1.24 bits per heavy atom. The molecule has 2 rings (SSSR count). The highest BCUT2D eigenvalue weighted by Crippen LogP contribution is 2.36. The molecular weight excluding hydrogens is 264 g/mol. The Balaban J connectivity index is 2.43. The van der Waals surface area contributed by atoms with Crippen molar-refractivity contribution in [1.29, 1.82) is 0 Å². The molecule has 0 radical (unpaired) electrons. The Morgan fingerprint density at radius 1 is 0.714 bits per heavy atom. The number of hydrogen-bond acceptors (Lipinski definition) is 3. The van der Waals surface area contributed by atoms with Gasteiger partial charge in [-0.1, -0.05) is 43.7 Å². The molecule has 0 heterocycles. The van der Waals surface area contributed by atoms with Gasteiger partial charge in [0.1, 0.15) is 5.75 Å². The third-order valence-corrected chi connectivity index (χ3v) is 3.87. The number of aromatic hydroxyl groups is 3. The normalized spacial score (nSPS) is 10.8. The summed E-state index contributed by atoms with van der Waals surface area (Å²) in [4.78, 5) is 0. The average molecular weight is 286 g/mol. The predicted octanol–water partition coefficient (Wildman–Crippen LogP) is 3.83. The molecule has 0 amide bonds. The smallest absolute Gasteiger partial charge is 0.161 e. The van der Waals surface area contributed by atoms with E-state index in [0.717, 1.165) is 28.7 Å². The van der Waals surface area contributed by atoms with Gasteiger partial charge < -0.3 is 15.3 Å². The summed E-state index contributed by atoms with van der Waals surface area (Å²) in [5.41, 5.74) is 4.09. The maximum atomic E-state index is 10.3. The van der Waals surface area contributed by atoms with Gasteiger partial charge in [0.15, 0.2) is 11.5 Å². The van der Waals surface area contributed by atoms with Crippen LogP contribution in [0.1, 0.15) is 41.7 Å². The molecule has 0 bridgehead atoms. The van der Waals surface area contributed by atoms with Crippen molar-refractivity contribution in [2.24, 2.45) is 0 Å². The Bertz CT molecular complexity index is 660. The zero-order chi connectivity index (χ0) is 15.6. The minimum atomic E-state index is -0.0895. The van der Waals surface area contributed by atoms with Crippen LogP contribution in [0.3, 0.4) is 0 Å². The van der Waals surface area contributed by atoms with Crippen LogP contribution in [-0.2, 0) is 19.3 Å². The molecule has 0 aliphatic rings. The Hall–Kier alpha value is -2.16. The topological polar surface area (TPSA) is 60.7 Å².